The molecule has 0 aromatic heterocycles. The summed E-state index contributed by atoms with van der Waals surface area (Å²) in [5.74, 6) is 0. The Morgan fingerprint density at radius 1 is 1.42 bits per heavy atom. The number of hydrogen-bond donors (Lipinski definition) is 2. The van der Waals surface area contributed by atoms with E-state index in [4.69, 9.17) is 11.5 Å². The summed E-state index contributed by atoms with van der Waals surface area (Å²) in [6, 6.07) is 0. The molecule has 1 rings (SSSR count). The largest absolute Gasteiger partial charge is 0.377 e. The molecule has 7 nitrogen and oxygen atoms in total. The topological polar surface area (TPSA) is 143 Å². The molecule has 0 aromatic rings. The van der Waals surface area contributed by atoms with Crippen LogP contribution in [-0.4, -0.2) is 10.3 Å². The summed E-state index contributed by atoms with van der Waals surface area (Å²) in [6.45, 7) is 0. The fraction of sp³-hybridized carbons (Fsp3) is 0. The van der Waals surface area contributed by atoms with Crippen LogP contribution in [0, 0.1) is 10.2 Å². The van der Waals surface area contributed by atoms with E-state index in [2.05, 4.69) is 8.73 Å². The maximum absolute atomic E-state index is 10.1. The molecular formula is C2H4ClN3O4S2. The van der Waals surface area contributed by atoms with Gasteiger partial charge in [0.2, 0.25) is 9.80 Å². The highest BCUT2D eigenvalue weighted by Gasteiger charge is 2.29. The van der Waals surface area contributed by atoms with Gasteiger partial charge in [-0.05, 0) is 0 Å². The van der Waals surface area contributed by atoms with Crippen molar-refractivity contribution in [3.05, 3.63) is 0 Å². The average Bonchev–Trinajstić information content (AvgIpc) is 2.06. The number of amidine groups is 1. The Kier molecular flexibility index (Phi) is 2.96. The van der Waals surface area contributed by atoms with Gasteiger partial charge in [-0.1, -0.05) is 0 Å². The van der Waals surface area contributed by atoms with Crippen molar-refractivity contribution in [1.82, 2.24) is 0 Å². The summed E-state index contributed by atoms with van der Waals surface area (Å²) in [6.07, 6.45) is 0. The van der Waals surface area contributed by atoms with Gasteiger partial charge in [-0.15, -0.1) is 0 Å². The fourth-order valence-electron chi connectivity index (χ4n) is 0.400. The van der Waals surface area contributed by atoms with E-state index in [9.17, 15) is 14.0 Å². The number of nitrogens with two attached hydrogens (primary N) is 2. The molecule has 0 saturated carbocycles. The Morgan fingerprint density at radius 3 is 2.33 bits per heavy atom. The normalized spacial score (nSPS) is 24.5. The van der Waals surface area contributed by atoms with Gasteiger partial charge in [0.05, 0.1) is 10.2 Å². The van der Waals surface area contributed by atoms with E-state index < -0.39 is 20.0 Å². The van der Waals surface area contributed by atoms with Gasteiger partial charge in [-0.3, -0.25) is 5.73 Å². The Bertz CT molecular complexity index is 260. The Balaban J connectivity index is 2.64. The van der Waals surface area contributed by atoms with Gasteiger partial charge < -0.3 is 5.73 Å². The van der Waals surface area contributed by atoms with E-state index in [0.29, 0.717) is 0 Å². The maximum atomic E-state index is 10.1. The van der Waals surface area contributed by atoms with Crippen LogP contribution in [0.2, 0.25) is 0 Å². The first-order chi connectivity index (χ1) is 5.38. The quantitative estimate of drug-likeness (QED) is 0.367. The molecule has 0 bridgehead atoms. The molecule has 0 amide bonds. The van der Waals surface area contributed by atoms with Crippen LogP contribution < -0.4 is 25.4 Å². The number of hydrogen-bond acceptors (Lipinski definition) is 8. The van der Waals surface area contributed by atoms with Crippen LogP contribution in [0.5, 0.6) is 0 Å². The smallest absolute Gasteiger partial charge is 0.212 e. The second kappa shape index (κ2) is 3.47. The number of rotatable bonds is 2. The van der Waals surface area contributed by atoms with E-state index in [0.717, 1.165) is 10.8 Å². The molecule has 1 aliphatic heterocycles. The zero-order valence-electron chi connectivity index (χ0n) is 5.43. The van der Waals surface area contributed by atoms with Gasteiger partial charge in [0.1, 0.15) is 0 Å². The molecule has 1 aliphatic rings. The summed E-state index contributed by atoms with van der Waals surface area (Å²) in [5, 5.41) is -0.0286. The van der Waals surface area contributed by atoms with Crippen LogP contribution in [0.4, 0.5) is 0 Å². The summed E-state index contributed by atoms with van der Waals surface area (Å²) >= 11 is 0. The van der Waals surface area contributed by atoms with Crippen molar-refractivity contribution in [2.45, 2.75) is 0 Å². The highest BCUT2D eigenvalue weighted by atomic mass is 35.7. The molecule has 4 N–H and O–H groups in total. The minimum Gasteiger partial charge on any atom is -0.377 e. The molecular weight excluding hydrogens is 230 g/mol. The number of nitrogens with zero attached hydrogens (tertiary/aromatic N) is 1. The van der Waals surface area contributed by atoms with Gasteiger partial charge in [0, 0.05) is 10.8 Å². The van der Waals surface area contributed by atoms with E-state index in [1.807, 2.05) is 0 Å². The third-order valence-corrected chi connectivity index (χ3v) is 4.55. The van der Waals surface area contributed by atoms with Crippen LogP contribution in [-0.2, 0) is 3.74 Å². The van der Waals surface area contributed by atoms with Crippen molar-refractivity contribution in [3.8, 4) is 0 Å². The maximum Gasteiger partial charge on any atom is 0.212 e. The molecule has 0 spiro atoms. The number of halogens is 1. The minimum atomic E-state index is -4.49. The fourth-order valence-corrected chi connectivity index (χ4v) is 3.67. The molecule has 0 aliphatic carbocycles. The van der Waals surface area contributed by atoms with Crippen molar-refractivity contribution in [3.63, 3.8) is 0 Å². The lowest BCUT2D eigenvalue weighted by atomic mass is 11.1. The van der Waals surface area contributed by atoms with Crippen LogP contribution in [0.15, 0.2) is 4.99 Å². The van der Waals surface area contributed by atoms with E-state index in [1.54, 1.807) is 0 Å². The lowest BCUT2D eigenvalue weighted by Crippen LogP contribution is -2.60. The van der Waals surface area contributed by atoms with Crippen molar-refractivity contribution >= 4 is 30.9 Å². The summed E-state index contributed by atoms with van der Waals surface area (Å²) in [7, 11) is -5.10. The van der Waals surface area contributed by atoms with Gasteiger partial charge in [-0.2, -0.15) is 14.0 Å². The molecule has 1 atom stereocenters. The predicted molar refractivity (Wildman–Crippen MR) is 37.1 cm³/mol. The Labute approximate surface area is 75.7 Å². The first-order valence-electron chi connectivity index (χ1n) is 2.38. The van der Waals surface area contributed by atoms with Crippen molar-refractivity contribution in [1.29, 1.82) is 0 Å². The van der Waals surface area contributed by atoms with Crippen molar-refractivity contribution in [2.24, 2.45) is 16.5 Å². The molecule has 0 fully saturated rings. The summed E-state index contributed by atoms with van der Waals surface area (Å²) in [5.41, 5.74) is 10.4. The highest BCUT2D eigenvalue weighted by Crippen LogP contribution is 2.38. The van der Waals surface area contributed by atoms with E-state index in [1.165, 1.54) is 0 Å². The molecule has 1 heterocycles. The first kappa shape index (κ1) is 10.2. The molecule has 1 unspecified atom stereocenters. The monoisotopic (exact) mass is 233 g/mol. The molecule has 0 saturated heterocycles. The Morgan fingerprint density at radius 2 is 2.00 bits per heavy atom. The number of aliphatic imine (C=N–C) groups is 1. The summed E-state index contributed by atoms with van der Waals surface area (Å²) in [4.78, 5) is 3.49. The molecule has 12 heavy (non-hydrogen) atoms. The lowest BCUT2D eigenvalue weighted by Gasteiger charge is -2.11. The van der Waals surface area contributed by atoms with Crippen LogP contribution >= 0.6 is 20.6 Å². The zero-order valence-corrected chi connectivity index (χ0v) is 7.82. The van der Waals surface area contributed by atoms with Crippen molar-refractivity contribution in [2.75, 3.05) is 0 Å². The minimum absolute atomic E-state index is 0.0784. The third-order valence-electron chi connectivity index (χ3n) is 0.687. The van der Waals surface area contributed by atoms with Gasteiger partial charge >= 0.3 is 0 Å². The third kappa shape index (κ3) is 2.88. The van der Waals surface area contributed by atoms with E-state index in [-0.39, 0.29) is 10.3 Å². The second-order valence-corrected chi connectivity index (χ2v) is 5.69. The second-order valence-electron chi connectivity index (χ2n) is 1.55. The van der Waals surface area contributed by atoms with Crippen LogP contribution in [0.1, 0.15) is 0 Å². The van der Waals surface area contributed by atoms with Gasteiger partial charge in [0.15, 0.2) is 14.0 Å². The van der Waals surface area contributed by atoms with Gasteiger partial charge in [-0.25, -0.2) is 4.99 Å². The predicted octanol–water partition coefficient (Wildman–Crippen LogP) is -3.89. The standard InChI is InChI=1S/C2H4ClN3O4S2/c4-1-6-2(5)12(11-1)10-3(7,8)9/h5H2,(H2,4,6). The molecule has 0 aromatic carbocycles. The first-order valence-corrected chi connectivity index (χ1v) is 6.10. The van der Waals surface area contributed by atoms with Gasteiger partial charge in [0.25, 0.3) is 0 Å². The highest BCUT2D eigenvalue weighted by molar-refractivity contribution is 8.87. The lowest BCUT2D eigenvalue weighted by molar-refractivity contribution is -1.91. The van der Waals surface area contributed by atoms with Crippen LogP contribution in [0.3, 0.4) is 0 Å². The van der Waals surface area contributed by atoms with Crippen molar-refractivity contribution < 1.29 is 28.0 Å². The zero-order chi connectivity index (χ0) is 9.35. The molecule has 0 radical (unpaired) electrons. The van der Waals surface area contributed by atoms with E-state index >= 15 is 0 Å². The Hall–Kier alpha value is 0.130. The molecule has 70 valence electrons. The SMILES string of the molecule is NC1=NC(N)=S(O[Cl+3]([O-])([O-])[O-])S1. The van der Waals surface area contributed by atoms with Crippen LogP contribution in [0.25, 0.3) is 0 Å². The average molecular weight is 234 g/mol. The summed E-state index contributed by atoms with van der Waals surface area (Å²) < 4.78 is 34.2. The molecule has 10 heteroatoms.